The fourth-order valence-electron chi connectivity index (χ4n) is 2.62. The Morgan fingerprint density at radius 3 is 2.67 bits per heavy atom. The molecule has 1 aliphatic rings. The van der Waals surface area contributed by atoms with Crippen molar-refractivity contribution in [1.29, 1.82) is 0 Å². The highest BCUT2D eigenvalue weighted by Crippen LogP contribution is 2.40. The Balaban J connectivity index is 2.38. The van der Waals surface area contributed by atoms with Crippen LogP contribution >= 0.6 is 0 Å². The molecule has 0 bridgehead atoms. The van der Waals surface area contributed by atoms with Crippen molar-refractivity contribution in [3.63, 3.8) is 0 Å². The van der Waals surface area contributed by atoms with E-state index in [4.69, 9.17) is 10.6 Å². The monoisotopic (exact) mass is 250 g/mol. The minimum absolute atomic E-state index is 0.310. The van der Waals surface area contributed by atoms with Crippen molar-refractivity contribution in [2.45, 2.75) is 51.0 Å². The molecule has 0 spiro atoms. The van der Waals surface area contributed by atoms with E-state index in [1.54, 1.807) is 7.11 Å². The van der Waals surface area contributed by atoms with Gasteiger partial charge in [0.05, 0.1) is 0 Å². The molecule has 1 aromatic heterocycles. The van der Waals surface area contributed by atoms with Crippen LogP contribution in [0.15, 0.2) is 6.07 Å². The van der Waals surface area contributed by atoms with Crippen LogP contribution in [-0.4, -0.2) is 17.1 Å². The van der Waals surface area contributed by atoms with E-state index in [1.807, 2.05) is 6.07 Å². The standard InChI is InChI=1S/C13H22N4O/c1-3-6-10-9-11(17-14)16-12(15-10)13(18-2)7-4-5-8-13/h9H,3-8,14H2,1-2H3,(H,15,16,17). The molecule has 0 atom stereocenters. The molecule has 1 saturated carbocycles. The summed E-state index contributed by atoms with van der Waals surface area (Å²) in [6, 6.07) is 1.91. The smallest absolute Gasteiger partial charge is 0.162 e. The van der Waals surface area contributed by atoms with Crippen LogP contribution in [0.25, 0.3) is 0 Å². The molecule has 0 radical (unpaired) electrons. The largest absolute Gasteiger partial charge is 0.370 e. The summed E-state index contributed by atoms with van der Waals surface area (Å²) in [5.74, 6) is 6.94. The van der Waals surface area contributed by atoms with Gasteiger partial charge >= 0.3 is 0 Å². The molecule has 1 fully saturated rings. The molecular formula is C13H22N4O. The van der Waals surface area contributed by atoms with E-state index in [0.717, 1.165) is 37.2 Å². The Hall–Kier alpha value is -1.20. The number of nitrogens with one attached hydrogen (secondary N) is 1. The van der Waals surface area contributed by atoms with Gasteiger partial charge in [0.1, 0.15) is 11.4 Å². The number of nitrogens with two attached hydrogens (primary N) is 1. The summed E-state index contributed by atoms with van der Waals surface area (Å²) in [4.78, 5) is 9.15. The topological polar surface area (TPSA) is 73.1 Å². The third kappa shape index (κ3) is 2.47. The first kappa shape index (κ1) is 13.2. The van der Waals surface area contributed by atoms with Gasteiger partial charge in [-0.15, -0.1) is 0 Å². The lowest BCUT2D eigenvalue weighted by Crippen LogP contribution is -2.28. The van der Waals surface area contributed by atoms with Gasteiger partial charge in [-0.2, -0.15) is 0 Å². The van der Waals surface area contributed by atoms with Gasteiger partial charge in [0.15, 0.2) is 5.82 Å². The molecule has 0 unspecified atom stereocenters. The number of hydrogen-bond donors (Lipinski definition) is 2. The summed E-state index contributed by atoms with van der Waals surface area (Å²) < 4.78 is 5.72. The van der Waals surface area contributed by atoms with Crippen molar-refractivity contribution in [3.05, 3.63) is 17.6 Å². The maximum absolute atomic E-state index is 5.72. The van der Waals surface area contributed by atoms with Crippen molar-refractivity contribution in [3.8, 4) is 0 Å². The highest BCUT2D eigenvalue weighted by molar-refractivity contribution is 5.35. The number of aromatic nitrogens is 2. The fraction of sp³-hybridized carbons (Fsp3) is 0.692. The maximum Gasteiger partial charge on any atom is 0.162 e. The summed E-state index contributed by atoms with van der Waals surface area (Å²) in [5, 5.41) is 0. The Bertz CT molecular complexity index is 402. The van der Waals surface area contributed by atoms with Crippen molar-refractivity contribution >= 4 is 5.82 Å². The first-order valence-electron chi connectivity index (χ1n) is 6.64. The Morgan fingerprint density at radius 2 is 2.11 bits per heavy atom. The minimum atomic E-state index is -0.310. The number of hydrazine groups is 1. The zero-order valence-electron chi connectivity index (χ0n) is 11.2. The van der Waals surface area contributed by atoms with E-state index in [-0.39, 0.29) is 5.60 Å². The average Bonchev–Trinajstić information content (AvgIpc) is 2.88. The summed E-state index contributed by atoms with van der Waals surface area (Å²) >= 11 is 0. The predicted octanol–water partition coefficient (Wildman–Crippen LogP) is 2.13. The number of anilines is 1. The Kier molecular flexibility index (Phi) is 4.14. The second-order valence-electron chi connectivity index (χ2n) is 4.87. The van der Waals surface area contributed by atoms with Gasteiger partial charge < -0.3 is 10.2 Å². The quantitative estimate of drug-likeness (QED) is 0.618. The van der Waals surface area contributed by atoms with E-state index in [0.29, 0.717) is 5.82 Å². The molecule has 1 aliphatic carbocycles. The number of nitrogen functional groups attached to an aromatic ring is 1. The predicted molar refractivity (Wildman–Crippen MR) is 71.0 cm³/mol. The molecule has 1 aromatic rings. The minimum Gasteiger partial charge on any atom is -0.370 e. The number of methoxy groups -OCH3 is 1. The van der Waals surface area contributed by atoms with Crippen LogP contribution in [0.4, 0.5) is 5.82 Å². The molecule has 100 valence electrons. The van der Waals surface area contributed by atoms with E-state index in [1.165, 1.54) is 12.8 Å². The molecule has 0 aromatic carbocycles. The third-order valence-electron chi connectivity index (χ3n) is 3.64. The summed E-state index contributed by atoms with van der Waals surface area (Å²) in [6.07, 6.45) is 6.30. The van der Waals surface area contributed by atoms with Gasteiger partial charge in [-0.1, -0.05) is 13.3 Å². The lowest BCUT2D eigenvalue weighted by Gasteiger charge is -2.26. The van der Waals surface area contributed by atoms with Crippen LogP contribution in [0.5, 0.6) is 0 Å². The van der Waals surface area contributed by atoms with Crippen LogP contribution in [0.1, 0.15) is 50.5 Å². The molecule has 1 heterocycles. The first-order chi connectivity index (χ1) is 8.74. The van der Waals surface area contributed by atoms with Crippen LogP contribution in [0.2, 0.25) is 0 Å². The number of aryl methyl sites for hydroxylation is 1. The second kappa shape index (κ2) is 5.63. The van der Waals surface area contributed by atoms with Crippen LogP contribution < -0.4 is 11.3 Å². The average molecular weight is 250 g/mol. The van der Waals surface area contributed by atoms with E-state index in [9.17, 15) is 0 Å². The lowest BCUT2D eigenvalue weighted by molar-refractivity contribution is -0.0163. The van der Waals surface area contributed by atoms with Crippen molar-refractivity contribution in [1.82, 2.24) is 9.97 Å². The summed E-state index contributed by atoms with van der Waals surface area (Å²) in [7, 11) is 1.75. The molecule has 5 heteroatoms. The molecule has 5 nitrogen and oxygen atoms in total. The number of hydrogen-bond acceptors (Lipinski definition) is 5. The Morgan fingerprint density at radius 1 is 1.39 bits per heavy atom. The van der Waals surface area contributed by atoms with E-state index >= 15 is 0 Å². The SMILES string of the molecule is CCCc1cc(NN)nc(C2(OC)CCCC2)n1. The van der Waals surface area contributed by atoms with Gasteiger partial charge in [-0.05, 0) is 32.1 Å². The highest BCUT2D eigenvalue weighted by Gasteiger charge is 2.38. The van der Waals surface area contributed by atoms with Gasteiger partial charge in [0.25, 0.3) is 0 Å². The van der Waals surface area contributed by atoms with Gasteiger partial charge in [0.2, 0.25) is 0 Å². The van der Waals surface area contributed by atoms with Gasteiger partial charge in [-0.3, -0.25) is 0 Å². The van der Waals surface area contributed by atoms with Crippen molar-refractivity contribution < 1.29 is 4.74 Å². The van der Waals surface area contributed by atoms with Gasteiger partial charge in [0, 0.05) is 18.9 Å². The zero-order chi connectivity index (χ0) is 13.0. The van der Waals surface area contributed by atoms with Crippen molar-refractivity contribution in [2.75, 3.05) is 12.5 Å². The molecule has 0 amide bonds. The van der Waals surface area contributed by atoms with E-state index in [2.05, 4.69) is 22.3 Å². The molecular weight excluding hydrogens is 228 g/mol. The molecule has 18 heavy (non-hydrogen) atoms. The highest BCUT2D eigenvalue weighted by atomic mass is 16.5. The summed E-state index contributed by atoms with van der Waals surface area (Å²) in [6.45, 7) is 2.14. The molecule has 0 saturated heterocycles. The normalized spacial score (nSPS) is 17.9. The second-order valence-corrected chi connectivity index (χ2v) is 4.87. The molecule has 0 aliphatic heterocycles. The van der Waals surface area contributed by atoms with Gasteiger partial charge in [-0.25, -0.2) is 15.8 Å². The third-order valence-corrected chi connectivity index (χ3v) is 3.64. The fourth-order valence-corrected chi connectivity index (χ4v) is 2.62. The first-order valence-corrected chi connectivity index (χ1v) is 6.64. The number of rotatable bonds is 5. The Labute approximate surface area is 108 Å². The van der Waals surface area contributed by atoms with E-state index < -0.39 is 0 Å². The summed E-state index contributed by atoms with van der Waals surface area (Å²) in [5.41, 5.74) is 3.34. The van der Waals surface area contributed by atoms with Crippen molar-refractivity contribution in [2.24, 2.45) is 5.84 Å². The van der Waals surface area contributed by atoms with Crippen LogP contribution in [0, 0.1) is 0 Å². The van der Waals surface area contributed by atoms with Crippen LogP contribution in [-0.2, 0) is 16.8 Å². The van der Waals surface area contributed by atoms with Crippen LogP contribution in [0.3, 0.4) is 0 Å². The molecule has 3 N–H and O–H groups in total. The number of nitrogens with zero attached hydrogens (tertiary/aromatic N) is 2. The number of ether oxygens (including phenoxy) is 1. The molecule has 2 rings (SSSR count). The maximum atomic E-state index is 5.72. The zero-order valence-corrected chi connectivity index (χ0v) is 11.2. The lowest BCUT2D eigenvalue weighted by atomic mass is 10.0.